The summed E-state index contributed by atoms with van der Waals surface area (Å²) in [4.78, 5) is 12.0. The van der Waals surface area contributed by atoms with Gasteiger partial charge in [-0.25, -0.2) is 13.1 Å². The van der Waals surface area contributed by atoms with E-state index >= 15 is 0 Å². The first kappa shape index (κ1) is 17.0. The minimum absolute atomic E-state index is 0.00955. The van der Waals surface area contributed by atoms with Crippen molar-refractivity contribution in [1.29, 1.82) is 0 Å². The summed E-state index contributed by atoms with van der Waals surface area (Å²) in [6.45, 7) is 0.0696. The number of carbonyl (C=O) groups is 1. The van der Waals surface area contributed by atoms with Crippen molar-refractivity contribution in [3.63, 3.8) is 0 Å². The van der Waals surface area contributed by atoms with Crippen LogP contribution in [0.2, 0.25) is 0 Å². The lowest BCUT2D eigenvalue weighted by molar-refractivity contribution is 0.0953. The van der Waals surface area contributed by atoms with Crippen LogP contribution < -0.4 is 14.8 Å². The second-order valence-electron chi connectivity index (χ2n) is 4.68. The minimum atomic E-state index is -3.51. The highest BCUT2D eigenvalue weighted by molar-refractivity contribution is 7.89. The van der Waals surface area contributed by atoms with E-state index in [1.165, 1.54) is 13.4 Å². The van der Waals surface area contributed by atoms with Crippen LogP contribution in [0.3, 0.4) is 0 Å². The zero-order valence-corrected chi connectivity index (χ0v) is 13.4. The molecule has 0 atom stereocenters. The fraction of sp³-hybridized carbons (Fsp3) is 0.267. The van der Waals surface area contributed by atoms with Gasteiger partial charge in [-0.3, -0.25) is 4.79 Å². The summed E-state index contributed by atoms with van der Waals surface area (Å²) in [5, 5.41) is 2.56. The molecule has 0 unspecified atom stereocenters. The highest BCUT2D eigenvalue weighted by Gasteiger charge is 2.14. The van der Waals surface area contributed by atoms with E-state index in [0.717, 1.165) is 0 Å². The van der Waals surface area contributed by atoms with Crippen LogP contribution >= 0.6 is 0 Å². The van der Waals surface area contributed by atoms with Crippen molar-refractivity contribution >= 4 is 15.9 Å². The molecule has 7 nitrogen and oxygen atoms in total. The van der Waals surface area contributed by atoms with Crippen molar-refractivity contribution in [2.24, 2.45) is 0 Å². The smallest absolute Gasteiger partial charge is 0.255 e. The Morgan fingerprint density at radius 2 is 2.00 bits per heavy atom. The van der Waals surface area contributed by atoms with E-state index in [4.69, 9.17) is 9.15 Å². The minimum Gasteiger partial charge on any atom is -0.496 e. The molecule has 2 N–H and O–H groups in total. The van der Waals surface area contributed by atoms with E-state index in [0.29, 0.717) is 17.1 Å². The second-order valence-corrected chi connectivity index (χ2v) is 6.60. The topological polar surface area (TPSA) is 97.6 Å². The molecule has 0 spiro atoms. The van der Waals surface area contributed by atoms with Gasteiger partial charge in [0.1, 0.15) is 11.5 Å². The number of benzene rings is 1. The maximum absolute atomic E-state index is 12.0. The predicted octanol–water partition coefficient (Wildman–Crippen LogP) is 1.14. The number of rotatable bonds is 8. The molecule has 0 fully saturated rings. The fourth-order valence-corrected chi connectivity index (χ4v) is 2.77. The molecule has 0 saturated carbocycles. The van der Waals surface area contributed by atoms with Gasteiger partial charge in [0.05, 0.1) is 31.2 Å². The number of hydrogen-bond donors (Lipinski definition) is 2. The molecule has 1 amide bonds. The van der Waals surface area contributed by atoms with Crippen LogP contribution in [0.5, 0.6) is 5.75 Å². The molecule has 2 rings (SSSR count). The van der Waals surface area contributed by atoms with Crippen molar-refractivity contribution in [2.75, 3.05) is 19.4 Å². The molecule has 0 aliphatic heterocycles. The van der Waals surface area contributed by atoms with E-state index in [1.54, 1.807) is 36.4 Å². The Bertz CT molecular complexity index is 741. The molecule has 0 aliphatic carbocycles. The Balaban J connectivity index is 1.82. The van der Waals surface area contributed by atoms with Crippen molar-refractivity contribution in [3.8, 4) is 5.75 Å². The quantitative estimate of drug-likeness (QED) is 0.752. The van der Waals surface area contributed by atoms with Crippen molar-refractivity contribution in [2.45, 2.75) is 6.54 Å². The van der Waals surface area contributed by atoms with Gasteiger partial charge in [0.15, 0.2) is 0 Å². The number of methoxy groups -OCH3 is 1. The molecule has 0 radical (unpaired) electrons. The summed E-state index contributed by atoms with van der Waals surface area (Å²) in [7, 11) is -2.04. The molecule has 1 heterocycles. The maximum atomic E-state index is 12.0. The number of sulfonamides is 1. The van der Waals surface area contributed by atoms with Crippen LogP contribution in [0.25, 0.3) is 0 Å². The number of para-hydroxylation sites is 1. The first-order chi connectivity index (χ1) is 11.0. The standard InChI is InChI=1S/C15H18N2O5S/c1-21-14-7-3-2-6-13(14)15(18)16-8-10-23(19,20)17-11-12-5-4-9-22-12/h2-7,9,17H,8,10-11H2,1H3,(H,16,18). The van der Waals surface area contributed by atoms with Crippen molar-refractivity contribution in [1.82, 2.24) is 10.0 Å². The van der Waals surface area contributed by atoms with Crippen LogP contribution in [0, 0.1) is 0 Å². The number of nitrogens with one attached hydrogen (secondary N) is 2. The first-order valence-corrected chi connectivity index (χ1v) is 8.58. The average Bonchev–Trinajstić information content (AvgIpc) is 3.06. The van der Waals surface area contributed by atoms with Crippen LogP contribution in [0.4, 0.5) is 0 Å². The van der Waals surface area contributed by atoms with Crippen molar-refractivity contribution < 1.29 is 22.4 Å². The number of amides is 1. The third kappa shape index (κ3) is 5.11. The monoisotopic (exact) mass is 338 g/mol. The zero-order chi connectivity index (χ0) is 16.7. The Morgan fingerprint density at radius 1 is 1.22 bits per heavy atom. The van der Waals surface area contributed by atoms with Gasteiger partial charge in [0.2, 0.25) is 10.0 Å². The molecule has 0 bridgehead atoms. The Morgan fingerprint density at radius 3 is 2.70 bits per heavy atom. The number of ether oxygens (including phenoxy) is 1. The molecule has 0 saturated heterocycles. The highest BCUT2D eigenvalue weighted by atomic mass is 32.2. The van der Waals surface area contributed by atoms with Crippen LogP contribution in [0.1, 0.15) is 16.1 Å². The third-order valence-corrected chi connectivity index (χ3v) is 4.38. The van der Waals surface area contributed by atoms with Gasteiger partial charge in [0, 0.05) is 6.54 Å². The summed E-state index contributed by atoms with van der Waals surface area (Å²) >= 11 is 0. The first-order valence-electron chi connectivity index (χ1n) is 6.93. The number of carbonyl (C=O) groups excluding carboxylic acids is 1. The summed E-state index contributed by atoms with van der Waals surface area (Å²) in [6, 6.07) is 10.1. The van der Waals surface area contributed by atoms with Gasteiger partial charge in [-0.2, -0.15) is 0 Å². The molecule has 1 aromatic carbocycles. The van der Waals surface area contributed by atoms with Crippen molar-refractivity contribution in [3.05, 3.63) is 54.0 Å². The lowest BCUT2D eigenvalue weighted by atomic mass is 10.2. The molecule has 8 heteroatoms. The van der Waals surface area contributed by atoms with Gasteiger partial charge in [-0.05, 0) is 24.3 Å². The van der Waals surface area contributed by atoms with Gasteiger partial charge in [-0.15, -0.1) is 0 Å². The van der Waals surface area contributed by atoms with Crippen LogP contribution in [0.15, 0.2) is 47.1 Å². The van der Waals surface area contributed by atoms with E-state index in [2.05, 4.69) is 10.0 Å². The molecule has 0 aliphatic rings. The summed E-state index contributed by atoms with van der Waals surface area (Å²) < 4.78 is 36.2. The van der Waals surface area contributed by atoms with E-state index in [9.17, 15) is 13.2 Å². The second kappa shape index (κ2) is 7.80. The van der Waals surface area contributed by atoms with E-state index in [1.807, 2.05) is 0 Å². The lowest BCUT2D eigenvalue weighted by Crippen LogP contribution is -2.34. The maximum Gasteiger partial charge on any atom is 0.255 e. The van der Waals surface area contributed by atoms with Crippen LogP contribution in [-0.4, -0.2) is 33.7 Å². The summed E-state index contributed by atoms with van der Waals surface area (Å²) in [5.74, 6) is 0.341. The van der Waals surface area contributed by atoms with Gasteiger partial charge in [-0.1, -0.05) is 12.1 Å². The Labute approximate surface area is 134 Å². The SMILES string of the molecule is COc1ccccc1C(=O)NCCS(=O)(=O)NCc1ccco1. The summed E-state index contributed by atoms with van der Waals surface area (Å²) in [6.07, 6.45) is 1.47. The van der Waals surface area contributed by atoms with Gasteiger partial charge >= 0.3 is 0 Å². The number of hydrogen-bond acceptors (Lipinski definition) is 5. The molecule has 1 aromatic heterocycles. The molecular formula is C15H18N2O5S. The predicted molar refractivity (Wildman–Crippen MR) is 84.7 cm³/mol. The number of furan rings is 1. The molecule has 124 valence electrons. The normalized spacial score (nSPS) is 11.2. The van der Waals surface area contributed by atoms with Gasteiger partial charge < -0.3 is 14.5 Å². The molecule has 2 aromatic rings. The third-order valence-electron chi connectivity index (χ3n) is 3.05. The zero-order valence-electron chi connectivity index (χ0n) is 12.6. The van der Waals surface area contributed by atoms with Crippen LogP contribution in [-0.2, 0) is 16.6 Å². The average molecular weight is 338 g/mol. The highest BCUT2D eigenvalue weighted by Crippen LogP contribution is 2.16. The van der Waals surface area contributed by atoms with E-state index < -0.39 is 10.0 Å². The summed E-state index contributed by atoms with van der Waals surface area (Å²) in [5.41, 5.74) is 0.357. The van der Waals surface area contributed by atoms with E-state index in [-0.39, 0.29) is 24.7 Å². The Hall–Kier alpha value is -2.32. The Kier molecular flexibility index (Phi) is 5.78. The lowest BCUT2D eigenvalue weighted by Gasteiger charge is -2.09. The fourth-order valence-electron chi connectivity index (χ4n) is 1.89. The van der Waals surface area contributed by atoms with Gasteiger partial charge in [0.25, 0.3) is 5.91 Å². The molecular weight excluding hydrogens is 320 g/mol. The molecule has 23 heavy (non-hydrogen) atoms. The largest absolute Gasteiger partial charge is 0.496 e.